The third-order valence-electron chi connectivity index (χ3n) is 6.80. The Bertz CT molecular complexity index is 884. The van der Waals surface area contributed by atoms with Gasteiger partial charge in [0.2, 0.25) is 0 Å². The molecule has 4 rings (SSSR count). The largest absolute Gasteiger partial charge is 0.475 e. The van der Waals surface area contributed by atoms with Crippen LogP contribution >= 0.6 is 0 Å². The van der Waals surface area contributed by atoms with Crippen molar-refractivity contribution >= 4 is 5.84 Å². The van der Waals surface area contributed by atoms with E-state index in [0.29, 0.717) is 18.5 Å². The van der Waals surface area contributed by atoms with Crippen molar-refractivity contribution in [2.45, 2.75) is 31.3 Å². The molecule has 3 heterocycles. The lowest BCUT2D eigenvalue weighted by Gasteiger charge is -2.36. The number of aryl methyl sites for hydroxylation is 1. The van der Waals surface area contributed by atoms with Crippen molar-refractivity contribution < 1.29 is 4.74 Å². The monoisotopic (exact) mass is 425 g/mol. The molecular weight excluding hydrogens is 390 g/mol. The highest BCUT2D eigenvalue weighted by Gasteiger charge is 2.52. The van der Waals surface area contributed by atoms with Crippen LogP contribution in [0, 0.1) is 12.3 Å². The fourth-order valence-corrected chi connectivity index (χ4v) is 4.89. The van der Waals surface area contributed by atoms with E-state index in [2.05, 4.69) is 34.3 Å². The molecule has 1 aromatic rings. The van der Waals surface area contributed by atoms with Gasteiger partial charge < -0.3 is 31.0 Å². The zero-order valence-corrected chi connectivity index (χ0v) is 18.8. The number of fused-ring (bicyclic) bond motifs is 1. The van der Waals surface area contributed by atoms with Crippen LogP contribution in [0.15, 0.2) is 47.5 Å². The van der Waals surface area contributed by atoms with Crippen molar-refractivity contribution in [3.63, 3.8) is 0 Å². The summed E-state index contributed by atoms with van der Waals surface area (Å²) in [5, 5.41) is 10.6. The molecule has 0 bridgehead atoms. The molecule has 0 spiro atoms. The Balaban J connectivity index is 1.57. The fourth-order valence-electron chi connectivity index (χ4n) is 4.89. The zero-order chi connectivity index (χ0) is 22.2. The van der Waals surface area contributed by atoms with Crippen molar-refractivity contribution in [2.24, 2.45) is 11.5 Å². The fraction of sp³-hybridized carbons (Fsp3) is 0.522. The van der Waals surface area contributed by atoms with Gasteiger partial charge in [0.05, 0.1) is 11.3 Å². The minimum absolute atomic E-state index is 0.000000334. The average Bonchev–Trinajstić information content (AvgIpc) is 3.10. The van der Waals surface area contributed by atoms with E-state index in [1.165, 1.54) is 12.8 Å². The van der Waals surface area contributed by atoms with Crippen LogP contribution in [0.25, 0.3) is 0 Å². The summed E-state index contributed by atoms with van der Waals surface area (Å²) in [7, 11) is 4.33. The van der Waals surface area contributed by atoms with Crippen LogP contribution in [0.4, 0.5) is 0 Å². The normalized spacial score (nSPS) is 24.9. The number of amidine groups is 1. The van der Waals surface area contributed by atoms with Gasteiger partial charge in [0, 0.05) is 19.1 Å². The van der Waals surface area contributed by atoms with Gasteiger partial charge in [-0.2, -0.15) is 0 Å². The highest BCUT2D eigenvalue weighted by Crippen LogP contribution is 2.43. The van der Waals surface area contributed by atoms with Gasteiger partial charge in [0.15, 0.2) is 11.4 Å². The Morgan fingerprint density at radius 3 is 2.52 bits per heavy atom. The highest BCUT2D eigenvalue weighted by atomic mass is 16.5. The van der Waals surface area contributed by atoms with E-state index >= 15 is 0 Å². The van der Waals surface area contributed by atoms with Crippen molar-refractivity contribution in [3.05, 3.63) is 58.6 Å². The predicted octanol–water partition coefficient (Wildman–Crippen LogP) is 1.06. The molecule has 3 aliphatic heterocycles. The maximum Gasteiger partial charge on any atom is 0.192 e. The Hall–Kier alpha value is -2.55. The lowest BCUT2D eigenvalue weighted by Crippen LogP contribution is -2.54. The van der Waals surface area contributed by atoms with Crippen molar-refractivity contribution in [3.8, 4) is 0 Å². The number of rotatable bonds is 6. The van der Waals surface area contributed by atoms with E-state index in [9.17, 15) is 0 Å². The van der Waals surface area contributed by atoms with E-state index in [0.717, 1.165) is 48.6 Å². The smallest absolute Gasteiger partial charge is 0.192 e. The first-order valence-corrected chi connectivity index (χ1v) is 11.0. The van der Waals surface area contributed by atoms with Gasteiger partial charge in [-0.1, -0.05) is 29.8 Å². The summed E-state index contributed by atoms with van der Waals surface area (Å²) in [4.78, 5) is 4.84. The Morgan fingerprint density at radius 1 is 1.23 bits per heavy atom. The summed E-state index contributed by atoms with van der Waals surface area (Å²) < 4.78 is 5.67. The number of nitrogens with two attached hydrogens (primary N) is 2. The Kier molecular flexibility index (Phi) is 5.96. The first-order valence-electron chi connectivity index (χ1n) is 11.0. The number of hydrogen-bond donors (Lipinski definition) is 4. The van der Waals surface area contributed by atoms with E-state index in [4.69, 9.17) is 21.6 Å². The topological polar surface area (TPSA) is 107 Å². The van der Waals surface area contributed by atoms with Gasteiger partial charge in [-0.05, 0) is 58.6 Å². The van der Waals surface area contributed by atoms with Crippen molar-refractivity contribution in [1.82, 2.24) is 20.2 Å². The van der Waals surface area contributed by atoms with Crippen molar-refractivity contribution in [1.29, 1.82) is 5.41 Å². The molecule has 168 valence electrons. The molecule has 0 radical (unpaired) electrons. The lowest BCUT2D eigenvalue weighted by atomic mass is 9.81. The van der Waals surface area contributed by atoms with E-state index in [1.807, 2.05) is 37.3 Å². The second kappa shape index (κ2) is 8.53. The molecule has 0 aromatic heterocycles. The maximum absolute atomic E-state index is 8.53. The molecule has 0 aliphatic carbocycles. The molecule has 6 N–H and O–H groups in total. The third kappa shape index (κ3) is 3.91. The molecule has 8 nitrogen and oxygen atoms in total. The van der Waals surface area contributed by atoms with Crippen molar-refractivity contribution in [2.75, 3.05) is 46.9 Å². The van der Waals surface area contributed by atoms with E-state index in [-0.39, 0.29) is 5.84 Å². The van der Waals surface area contributed by atoms with Gasteiger partial charge >= 0.3 is 0 Å². The molecule has 1 atom stereocenters. The summed E-state index contributed by atoms with van der Waals surface area (Å²) in [6.07, 6.45) is 4.40. The van der Waals surface area contributed by atoms with Crippen LogP contribution in [-0.4, -0.2) is 73.6 Å². The van der Waals surface area contributed by atoms with Crippen LogP contribution in [0.5, 0.6) is 0 Å². The van der Waals surface area contributed by atoms with Crippen LogP contribution in [-0.2, 0) is 10.3 Å². The summed E-state index contributed by atoms with van der Waals surface area (Å²) >= 11 is 0. The Morgan fingerprint density at radius 2 is 1.90 bits per heavy atom. The van der Waals surface area contributed by atoms with E-state index < -0.39 is 5.54 Å². The summed E-state index contributed by atoms with van der Waals surface area (Å²) in [5.41, 5.74) is 18.8. The number of piperidine rings is 1. The number of benzene rings is 1. The van der Waals surface area contributed by atoms with Gasteiger partial charge in [0.1, 0.15) is 12.4 Å². The molecule has 1 aromatic carbocycles. The number of hydrazine groups is 1. The molecule has 0 amide bonds. The number of hydrogen-bond acceptors (Lipinski definition) is 7. The zero-order valence-electron chi connectivity index (χ0n) is 18.8. The third-order valence-corrected chi connectivity index (χ3v) is 6.80. The molecule has 31 heavy (non-hydrogen) atoms. The molecular formula is C23H35N7O. The first-order chi connectivity index (χ1) is 14.8. The van der Waals surface area contributed by atoms with Gasteiger partial charge in [-0.3, -0.25) is 5.41 Å². The molecule has 1 unspecified atom stereocenters. The SMILES string of the molecule is Cc1ccc(C2(C(=N)N)NN(CCN3CCC(N(C)C)CC3)C3=CCOC(N)=C32)cc1. The van der Waals surface area contributed by atoms with Crippen LogP contribution in [0.1, 0.15) is 24.0 Å². The van der Waals surface area contributed by atoms with Crippen LogP contribution in [0.2, 0.25) is 0 Å². The molecule has 3 aliphatic rings. The highest BCUT2D eigenvalue weighted by molar-refractivity contribution is 5.94. The number of ether oxygens (including phenoxy) is 1. The lowest BCUT2D eigenvalue weighted by molar-refractivity contribution is 0.127. The van der Waals surface area contributed by atoms with E-state index in [1.54, 1.807) is 0 Å². The molecule has 2 saturated heterocycles. The first kappa shape index (κ1) is 21.7. The summed E-state index contributed by atoms with van der Waals surface area (Å²) in [6, 6.07) is 8.74. The quantitative estimate of drug-likeness (QED) is 0.399. The van der Waals surface area contributed by atoms with Gasteiger partial charge in [-0.25, -0.2) is 5.43 Å². The molecule has 0 saturated carbocycles. The average molecular weight is 426 g/mol. The number of likely N-dealkylation sites (tertiary alicyclic amines) is 1. The van der Waals surface area contributed by atoms with Gasteiger partial charge in [0.25, 0.3) is 0 Å². The predicted molar refractivity (Wildman–Crippen MR) is 123 cm³/mol. The van der Waals surface area contributed by atoms with Crippen LogP contribution < -0.4 is 16.9 Å². The molecule has 8 heteroatoms. The molecule has 2 fully saturated rings. The summed E-state index contributed by atoms with van der Waals surface area (Å²) in [6.45, 7) is 6.36. The second-order valence-electron chi connectivity index (χ2n) is 8.97. The number of nitrogens with zero attached hydrogens (tertiary/aromatic N) is 3. The maximum atomic E-state index is 8.53. The minimum atomic E-state index is -1.03. The summed E-state index contributed by atoms with van der Waals surface area (Å²) in [5.74, 6) is 0.329. The minimum Gasteiger partial charge on any atom is -0.475 e. The standard InChI is InChI=1S/C23H35N7O/c1-16-4-6-17(7-5-16)23(22(25)26)20-19(10-15-31-21(20)24)30(27-23)14-13-29-11-8-18(9-12-29)28(2)3/h4-7,10,18,27H,8-9,11-15,24H2,1-3H3,(H3,25,26). The van der Waals surface area contributed by atoms with Gasteiger partial charge in [-0.15, -0.1) is 0 Å². The number of nitrogens with one attached hydrogen (secondary N) is 2. The second-order valence-corrected chi connectivity index (χ2v) is 8.97. The Labute approximate surface area is 185 Å². The van der Waals surface area contributed by atoms with Crippen LogP contribution in [0.3, 0.4) is 0 Å².